The van der Waals surface area contributed by atoms with Gasteiger partial charge in [-0.2, -0.15) is 13.2 Å². The number of carboxylic acid groups (broad SMARTS) is 1. The van der Waals surface area contributed by atoms with Crippen LogP contribution in [0.4, 0.5) is 13.2 Å². The summed E-state index contributed by atoms with van der Waals surface area (Å²) in [6.45, 7) is 1.11. The molecule has 0 aliphatic rings. The number of hydrogen-bond donors (Lipinski definition) is 2. The first-order chi connectivity index (χ1) is 6.72. The highest BCUT2D eigenvalue weighted by molar-refractivity contribution is 5.81. The standard InChI is InChI=1S/C8H12F3NO3/c1-5(13)12-6(7(14)15)3-2-4-8(9,10)11/h6H,2-4H2,1H3,(H,12,13)(H,14,15). The molecule has 1 unspecified atom stereocenters. The van der Waals surface area contributed by atoms with E-state index in [9.17, 15) is 22.8 Å². The van der Waals surface area contributed by atoms with Gasteiger partial charge in [0.25, 0.3) is 0 Å². The van der Waals surface area contributed by atoms with Crippen LogP contribution in [0.25, 0.3) is 0 Å². The van der Waals surface area contributed by atoms with Gasteiger partial charge in [0.05, 0.1) is 0 Å². The number of halogens is 3. The zero-order valence-electron chi connectivity index (χ0n) is 8.10. The van der Waals surface area contributed by atoms with E-state index < -0.39 is 30.5 Å². The van der Waals surface area contributed by atoms with Gasteiger partial charge >= 0.3 is 12.1 Å². The number of carbonyl (C=O) groups is 2. The van der Waals surface area contributed by atoms with Gasteiger partial charge in [0.1, 0.15) is 6.04 Å². The lowest BCUT2D eigenvalue weighted by Gasteiger charge is -2.13. The Balaban J connectivity index is 3.98. The van der Waals surface area contributed by atoms with E-state index >= 15 is 0 Å². The first-order valence-electron chi connectivity index (χ1n) is 4.29. The third kappa shape index (κ3) is 7.77. The molecule has 0 radical (unpaired) electrons. The Hall–Kier alpha value is -1.27. The van der Waals surface area contributed by atoms with Crippen LogP contribution >= 0.6 is 0 Å². The lowest BCUT2D eigenvalue weighted by atomic mass is 10.1. The lowest BCUT2D eigenvalue weighted by Crippen LogP contribution is -2.39. The second kappa shape index (κ2) is 5.57. The van der Waals surface area contributed by atoms with Crippen molar-refractivity contribution in [1.29, 1.82) is 0 Å². The molecule has 0 aliphatic heterocycles. The SMILES string of the molecule is CC(=O)NC(CCCC(F)(F)F)C(=O)O. The van der Waals surface area contributed by atoms with Crippen molar-refractivity contribution in [2.75, 3.05) is 0 Å². The Bertz CT molecular complexity index is 240. The molecule has 0 aromatic carbocycles. The summed E-state index contributed by atoms with van der Waals surface area (Å²) in [5.74, 6) is -1.90. The fraction of sp³-hybridized carbons (Fsp3) is 0.750. The zero-order valence-corrected chi connectivity index (χ0v) is 8.10. The fourth-order valence-corrected chi connectivity index (χ4v) is 1.01. The van der Waals surface area contributed by atoms with Crippen LogP contribution in [-0.2, 0) is 9.59 Å². The van der Waals surface area contributed by atoms with Crippen molar-refractivity contribution in [3.8, 4) is 0 Å². The zero-order chi connectivity index (χ0) is 12.1. The van der Waals surface area contributed by atoms with Crippen LogP contribution in [0.1, 0.15) is 26.2 Å². The molecule has 0 saturated carbocycles. The van der Waals surface area contributed by atoms with Crippen LogP contribution in [-0.4, -0.2) is 29.2 Å². The van der Waals surface area contributed by atoms with E-state index in [2.05, 4.69) is 5.32 Å². The smallest absolute Gasteiger partial charge is 0.389 e. The molecule has 0 spiro atoms. The average molecular weight is 227 g/mol. The van der Waals surface area contributed by atoms with Crippen LogP contribution < -0.4 is 5.32 Å². The highest BCUT2D eigenvalue weighted by atomic mass is 19.4. The van der Waals surface area contributed by atoms with E-state index in [0.717, 1.165) is 6.92 Å². The highest BCUT2D eigenvalue weighted by Crippen LogP contribution is 2.22. The van der Waals surface area contributed by atoms with E-state index in [-0.39, 0.29) is 12.8 Å². The second-order valence-electron chi connectivity index (χ2n) is 3.10. The van der Waals surface area contributed by atoms with Gasteiger partial charge in [-0.25, -0.2) is 4.79 Å². The van der Waals surface area contributed by atoms with Gasteiger partial charge in [0.15, 0.2) is 0 Å². The van der Waals surface area contributed by atoms with Crippen LogP contribution in [0.5, 0.6) is 0 Å². The van der Waals surface area contributed by atoms with Gasteiger partial charge in [-0.3, -0.25) is 4.79 Å². The number of rotatable bonds is 5. The van der Waals surface area contributed by atoms with Gasteiger partial charge in [-0.15, -0.1) is 0 Å². The molecule has 0 aromatic rings. The topological polar surface area (TPSA) is 66.4 Å². The normalized spacial score (nSPS) is 13.3. The van der Waals surface area contributed by atoms with E-state index in [1.54, 1.807) is 0 Å². The minimum Gasteiger partial charge on any atom is -0.480 e. The molecular weight excluding hydrogens is 215 g/mol. The van der Waals surface area contributed by atoms with Gasteiger partial charge in [-0.05, 0) is 12.8 Å². The molecule has 88 valence electrons. The average Bonchev–Trinajstić information content (AvgIpc) is 1.99. The van der Waals surface area contributed by atoms with Crippen molar-refractivity contribution in [3.05, 3.63) is 0 Å². The molecule has 2 N–H and O–H groups in total. The van der Waals surface area contributed by atoms with Crippen LogP contribution in [0.15, 0.2) is 0 Å². The van der Waals surface area contributed by atoms with Crippen molar-refractivity contribution < 1.29 is 27.9 Å². The quantitative estimate of drug-likeness (QED) is 0.744. The van der Waals surface area contributed by atoms with Gasteiger partial charge in [0, 0.05) is 13.3 Å². The molecule has 1 atom stereocenters. The van der Waals surface area contributed by atoms with Crippen molar-refractivity contribution in [2.24, 2.45) is 0 Å². The Kier molecular flexibility index (Phi) is 5.10. The Morgan fingerprint density at radius 3 is 2.27 bits per heavy atom. The third-order valence-electron chi connectivity index (χ3n) is 1.63. The minimum absolute atomic E-state index is 0.228. The summed E-state index contributed by atoms with van der Waals surface area (Å²) >= 11 is 0. The first-order valence-corrected chi connectivity index (χ1v) is 4.29. The molecule has 0 saturated heterocycles. The summed E-state index contributed by atoms with van der Waals surface area (Å²) in [7, 11) is 0. The summed E-state index contributed by atoms with van der Waals surface area (Å²) in [6, 6.07) is -1.25. The summed E-state index contributed by atoms with van der Waals surface area (Å²) in [5, 5.41) is 10.6. The maximum absolute atomic E-state index is 11.7. The lowest BCUT2D eigenvalue weighted by molar-refractivity contribution is -0.144. The summed E-state index contributed by atoms with van der Waals surface area (Å²) in [6.07, 6.45) is -5.88. The molecule has 4 nitrogen and oxygen atoms in total. The predicted molar refractivity (Wildman–Crippen MR) is 45.1 cm³/mol. The number of alkyl halides is 3. The molecular formula is C8H12F3NO3. The van der Waals surface area contributed by atoms with Crippen LogP contribution in [0.2, 0.25) is 0 Å². The van der Waals surface area contributed by atoms with Crippen molar-refractivity contribution in [2.45, 2.75) is 38.4 Å². The summed E-state index contributed by atoms with van der Waals surface area (Å²) in [5.41, 5.74) is 0. The number of hydrogen-bond acceptors (Lipinski definition) is 2. The molecule has 0 heterocycles. The van der Waals surface area contributed by atoms with E-state index in [0.29, 0.717) is 0 Å². The largest absolute Gasteiger partial charge is 0.480 e. The van der Waals surface area contributed by atoms with E-state index in [4.69, 9.17) is 5.11 Å². The fourth-order valence-electron chi connectivity index (χ4n) is 1.01. The van der Waals surface area contributed by atoms with Crippen molar-refractivity contribution in [3.63, 3.8) is 0 Å². The molecule has 0 bridgehead atoms. The summed E-state index contributed by atoms with van der Waals surface area (Å²) in [4.78, 5) is 21.0. The van der Waals surface area contributed by atoms with Crippen LogP contribution in [0.3, 0.4) is 0 Å². The molecule has 0 aliphatic carbocycles. The molecule has 0 rings (SSSR count). The molecule has 1 amide bonds. The predicted octanol–water partition coefficient (Wildman–Crippen LogP) is 1.31. The number of nitrogens with one attached hydrogen (secondary N) is 1. The maximum Gasteiger partial charge on any atom is 0.389 e. The highest BCUT2D eigenvalue weighted by Gasteiger charge is 2.28. The molecule has 0 aromatic heterocycles. The van der Waals surface area contributed by atoms with E-state index in [1.165, 1.54) is 0 Å². The van der Waals surface area contributed by atoms with Crippen molar-refractivity contribution in [1.82, 2.24) is 5.32 Å². The third-order valence-corrected chi connectivity index (χ3v) is 1.63. The van der Waals surface area contributed by atoms with Crippen LogP contribution in [0, 0.1) is 0 Å². The number of amides is 1. The Labute approximate surface area is 84.5 Å². The first kappa shape index (κ1) is 13.7. The van der Waals surface area contributed by atoms with Gasteiger partial charge in [-0.1, -0.05) is 0 Å². The molecule has 0 fully saturated rings. The number of aliphatic carboxylic acids is 1. The Morgan fingerprint density at radius 2 is 1.93 bits per heavy atom. The second-order valence-corrected chi connectivity index (χ2v) is 3.10. The Morgan fingerprint density at radius 1 is 1.40 bits per heavy atom. The molecule has 15 heavy (non-hydrogen) atoms. The number of carbonyl (C=O) groups excluding carboxylic acids is 1. The minimum atomic E-state index is -4.29. The van der Waals surface area contributed by atoms with Gasteiger partial charge in [0.2, 0.25) is 5.91 Å². The van der Waals surface area contributed by atoms with Gasteiger partial charge < -0.3 is 10.4 Å². The summed E-state index contributed by atoms with van der Waals surface area (Å²) < 4.78 is 35.2. The maximum atomic E-state index is 11.7. The monoisotopic (exact) mass is 227 g/mol. The van der Waals surface area contributed by atoms with Crippen molar-refractivity contribution >= 4 is 11.9 Å². The van der Waals surface area contributed by atoms with E-state index in [1.807, 2.05) is 0 Å². The number of carboxylic acids is 1. The molecule has 7 heteroatoms.